The molecule has 112 valence electrons. The zero-order chi connectivity index (χ0) is 15.2. The van der Waals surface area contributed by atoms with E-state index in [-0.39, 0.29) is 6.04 Å². The number of ether oxygens (including phenoxy) is 2. The summed E-state index contributed by atoms with van der Waals surface area (Å²) in [5, 5.41) is 0. The van der Waals surface area contributed by atoms with Crippen LogP contribution in [0.15, 0.2) is 46.9 Å². The van der Waals surface area contributed by atoms with Crippen LogP contribution in [-0.4, -0.2) is 13.2 Å². The lowest BCUT2D eigenvalue weighted by Gasteiger charge is -2.15. The highest BCUT2D eigenvalue weighted by Crippen LogP contribution is 2.30. The molecule has 3 nitrogen and oxygen atoms in total. The van der Waals surface area contributed by atoms with E-state index >= 15 is 0 Å². The van der Waals surface area contributed by atoms with Crippen LogP contribution in [0.2, 0.25) is 0 Å². The molecule has 2 aromatic carbocycles. The molecule has 0 aliphatic heterocycles. The van der Waals surface area contributed by atoms with Gasteiger partial charge in [0.25, 0.3) is 0 Å². The third kappa shape index (κ3) is 4.48. The number of benzene rings is 2. The third-order valence-corrected chi connectivity index (χ3v) is 3.76. The fourth-order valence-corrected chi connectivity index (χ4v) is 2.62. The molecule has 4 heteroatoms. The predicted molar refractivity (Wildman–Crippen MR) is 88.8 cm³/mol. The van der Waals surface area contributed by atoms with Crippen molar-refractivity contribution < 1.29 is 9.47 Å². The molecule has 0 heterocycles. The minimum Gasteiger partial charge on any atom is -0.497 e. The lowest BCUT2D eigenvalue weighted by molar-refractivity contribution is 0.300. The van der Waals surface area contributed by atoms with Crippen molar-refractivity contribution in [1.29, 1.82) is 0 Å². The smallest absolute Gasteiger partial charge is 0.137 e. The Labute approximate surface area is 134 Å². The number of nitrogens with two attached hydrogens (primary N) is 1. The van der Waals surface area contributed by atoms with Gasteiger partial charge in [-0.25, -0.2) is 0 Å². The summed E-state index contributed by atoms with van der Waals surface area (Å²) in [5.41, 5.74) is 8.11. The minimum absolute atomic E-state index is 0.0997. The van der Waals surface area contributed by atoms with E-state index in [4.69, 9.17) is 15.2 Å². The Balaban J connectivity index is 2.11. The average Bonchev–Trinajstić information content (AvgIpc) is 2.46. The first-order chi connectivity index (χ1) is 10.1. The van der Waals surface area contributed by atoms with Crippen LogP contribution in [0.4, 0.5) is 0 Å². The number of hydrogen-bond acceptors (Lipinski definition) is 3. The van der Waals surface area contributed by atoms with Crippen LogP contribution < -0.4 is 15.2 Å². The van der Waals surface area contributed by atoms with E-state index in [9.17, 15) is 0 Å². The molecule has 2 N–H and O–H groups in total. The van der Waals surface area contributed by atoms with Crippen molar-refractivity contribution in [3.05, 3.63) is 58.1 Å². The Morgan fingerprint density at radius 3 is 2.48 bits per heavy atom. The summed E-state index contributed by atoms with van der Waals surface area (Å²) in [6.45, 7) is 2.51. The molecule has 2 aromatic rings. The van der Waals surface area contributed by atoms with Gasteiger partial charge < -0.3 is 15.2 Å². The maximum absolute atomic E-state index is 5.99. The van der Waals surface area contributed by atoms with Gasteiger partial charge in [-0.15, -0.1) is 0 Å². The molecule has 0 spiro atoms. The zero-order valence-electron chi connectivity index (χ0n) is 12.3. The summed E-state index contributed by atoms with van der Waals surface area (Å²) in [4.78, 5) is 0. The van der Waals surface area contributed by atoms with Crippen LogP contribution in [0.25, 0.3) is 0 Å². The fourth-order valence-electron chi connectivity index (χ4n) is 2.10. The standard InChI is InChI=1S/C17H20BrNO2/c1-12(19)10-14-4-3-5-16(18)17(14)21-11-13-6-8-15(20-2)9-7-13/h3-9,12H,10-11,19H2,1-2H3. The van der Waals surface area contributed by atoms with Crippen LogP contribution in [0.3, 0.4) is 0 Å². The minimum atomic E-state index is 0.0997. The molecule has 1 unspecified atom stereocenters. The normalized spacial score (nSPS) is 12.0. The van der Waals surface area contributed by atoms with Crippen molar-refractivity contribution in [2.75, 3.05) is 7.11 Å². The molecular formula is C17H20BrNO2. The van der Waals surface area contributed by atoms with Gasteiger partial charge in [0, 0.05) is 6.04 Å². The molecule has 0 aliphatic rings. The third-order valence-electron chi connectivity index (χ3n) is 3.13. The molecule has 2 rings (SSSR count). The summed E-state index contributed by atoms with van der Waals surface area (Å²) in [7, 11) is 1.66. The largest absolute Gasteiger partial charge is 0.497 e. The summed E-state index contributed by atoms with van der Waals surface area (Å²) in [6, 6.07) is 14.0. The molecule has 0 aromatic heterocycles. The van der Waals surface area contributed by atoms with E-state index in [0.717, 1.165) is 33.5 Å². The molecular weight excluding hydrogens is 330 g/mol. The van der Waals surface area contributed by atoms with Crippen LogP contribution in [0, 0.1) is 0 Å². The van der Waals surface area contributed by atoms with Crippen LogP contribution in [-0.2, 0) is 13.0 Å². The number of rotatable bonds is 6. The Morgan fingerprint density at radius 1 is 1.14 bits per heavy atom. The van der Waals surface area contributed by atoms with E-state index in [1.54, 1.807) is 7.11 Å². The first-order valence-electron chi connectivity index (χ1n) is 6.89. The number of para-hydroxylation sites is 1. The summed E-state index contributed by atoms with van der Waals surface area (Å²) < 4.78 is 12.1. The lowest BCUT2D eigenvalue weighted by atomic mass is 10.1. The average molecular weight is 350 g/mol. The number of halogens is 1. The van der Waals surface area contributed by atoms with E-state index in [2.05, 4.69) is 22.0 Å². The molecule has 0 bridgehead atoms. The maximum atomic E-state index is 5.99. The van der Waals surface area contributed by atoms with Crippen LogP contribution in [0.5, 0.6) is 11.5 Å². The van der Waals surface area contributed by atoms with Crippen molar-refractivity contribution in [3.8, 4) is 11.5 Å². The first-order valence-corrected chi connectivity index (χ1v) is 7.68. The quantitative estimate of drug-likeness (QED) is 0.859. The van der Waals surface area contributed by atoms with E-state index in [1.807, 2.05) is 43.3 Å². The second-order valence-electron chi connectivity index (χ2n) is 5.05. The molecule has 0 radical (unpaired) electrons. The van der Waals surface area contributed by atoms with Crippen LogP contribution in [0.1, 0.15) is 18.1 Å². The molecule has 1 atom stereocenters. The molecule has 0 aliphatic carbocycles. The Morgan fingerprint density at radius 2 is 1.86 bits per heavy atom. The second-order valence-corrected chi connectivity index (χ2v) is 5.90. The summed E-state index contributed by atoms with van der Waals surface area (Å²) >= 11 is 3.55. The van der Waals surface area contributed by atoms with Crippen molar-refractivity contribution in [3.63, 3.8) is 0 Å². The van der Waals surface area contributed by atoms with Crippen LogP contribution >= 0.6 is 15.9 Å². The van der Waals surface area contributed by atoms with Gasteiger partial charge >= 0.3 is 0 Å². The Hall–Kier alpha value is -1.52. The lowest BCUT2D eigenvalue weighted by Crippen LogP contribution is -2.18. The highest BCUT2D eigenvalue weighted by atomic mass is 79.9. The van der Waals surface area contributed by atoms with Gasteiger partial charge in [0.2, 0.25) is 0 Å². The molecule has 0 saturated heterocycles. The van der Waals surface area contributed by atoms with Gasteiger partial charge in [0.1, 0.15) is 18.1 Å². The SMILES string of the molecule is COc1ccc(COc2c(Br)cccc2CC(C)N)cc1. The highest BCUT2D eigenvalue weighted by Gasteiger charge is 2.10. The van der Waals surface area contributed by atoms with Gasteiger partial charge in [-0.1, -0.05) is 24.3 Å². The summed E-state index contributed by atoms with van der Waals surface area (Å²) in [6.07, 6.45) is 0.789. The van der Waals surface area contributed by atoms with Gasteiger partial charge in [-0.2, -0.15) is 0 Å². The summed E-state index contributed by atoms with van der Waals surface area (Å²) in [5.74, 6) is 1.71. The fraction of sp³-hybridized carbons (Fsp3) is 0.294. The maximum Gasteiger partial charge on any atom is 0.137 e. The molecule has 0 fully saturated rings. The van der Waals surface area contributed by atoms with Gasteiger partial charge in [-0.05, 0) is 58.6 Å². The van der Waals surface area contributed by atoms with E-state index in [0.29, 0.717) is 6.61 Å². The topological polar surface area (TPSA) is 44.5 Å². The Bertz CT molecular complexity index is 582. The highest BCUT2D eigenvalue weighted by molar-refractivity contribution is 9.10. The molecule has 0 amide bonds. The zero-order valence-corrected chi connectivity index (χ0v) is 13.9. The van der Waals surface area contributed by atoms with Gasteiger partial charge in [0.05, 0.1) is 11.6 Å². The predicted octanol–water partition coefficient (Wildman–Crippen LogP) is 3.93. The van der Waals surface area contributed by atoms with Crippen molar-refractivity contribution in [2.24, 2.45) is 5.73 Å². The van der Waals surface area contributed by atoms with Gasteiger partial charge in [0.15, 0.2) is 0 Å². The van der Waals surface area contributed by atoms with Gasteiger partial charge in [-0.3, -0.25) is 0 Å². The first kappa shape index (κ1) is 15.9. The number of hydrogen-bond donors (Lipinski definition) is 1. The van der Waals surface area contributed by atoms with E-state index in [1.165, 1.54) is 0 Å². The molecule has 0 saturated carbocycles. The van der Waals surface area contributed by atoms with Crippen molar-refractivity contribution in [1.82, 2.24) is 0 Å². The van der Waals surface area contributed by atoms with E-state index < -0.39 is 0 Å². The Kier molecular flexibility index (Phi) is 5.65. The number of methoxy groups -OCH3 is 1. The second kappa shape index (κ2) is 7.48. The monoisotopic (exact) mass is 349 g/mol. The molecule has 21 heavy (non-hydrogen) atoms. The van der Waals surface area contributed by atoms with Crippen molar-refractivity contribution in [2.45, 2.75) is 26.0 Å². The van der Waals surface area contributed by atoms with Crippen molar-refractivity contribution >= 4 is 15.9 Å².